The van der Waals surface area contributed by atoms with Crippen LogP contribution in [0.25, 0.3) is 10.9 Å². The Morgan fingerprint density at radius 3 is 2.80 bits per heavy atom. The lowest BCUT2D eigenvalue weighted by Crippen LogP contribution is -2.44. The van der Waals surface area contributed by atoms with Crippen LogP contribution in [0.3, 0.4) is 0 Å². The molecule has 0 bridgehead atoms. The summed E-state index contributed by atoms with van der Waals surface area (Å²) in [5.41, 5.74) is 0.213. The second-order valence-electron chi connectivity index (χ2n) is 7.23. The molecule has 1 aliphatic rings. The standard InChI is InChI=1S/C19H22FN3O2/c1-12(2)6-7-19(3)17(24)23(18(25)22-19)11-14-10-15(20)9-13-5-4-8-21-16(13)14/h4-5,8-10,12H,6-7,11H2,1-3H3,(H,22,25)/t19-/m0/s1. The van der Waals surface area contributed by atoms with Crippen molar-refractivity contribution in [2.45, 2.75) is 45.7 Å². The van der Waals surface area contributed by atoms with Crippen LogP contribution in [-0.2, 0) is 11.3 Å². The van der Waals surface area contributed by atoms with Gasteiger partial charge < -0.3 is 5.32 Å². The molecule has 0 unspecified atom stereocenters. The molecule has 1 atom stereocenters. The predicted molar refractivity (Wildman–Crippen MR) is 93.3 cm³/mol. The minimum atomic E-state index is -0.905. The predicted octanol–water partition coefficient (Wildman–Crippen LogP) is 3.62. The summed E-state index contributed by atoms with van der Waals surface area (Å²) in [5.74, 6) is -0.247. The molecule has 6 heteroatoms. The van der Waals surface area contributed by atoms with Gasteiger partial charge in [-0.2, -0.15) is 0 Å². The number of hydrogen-bond donors (Lipinski definition) is 1. The normalized spacial score (nSPS) is 20.6. The Balaban J connectivity index is 1.89. The maximum absolute atomic E-state index is 13.9. The number of carbonyl (C=O) groups excluding carboxylic acids is 2. The Morgan fingerprint density at radius 2 is 2.08 bits per heavy atom. The monoisotopic (exact) mass is 343 g/mol. The average Bonchev–Trinajstić information content (AvgIpc) is 2.76. The number of benzene rings is 1. The highest BCUT2D eigenvalue weighted by Gasteiger charge is 2.47. The van der Waals surface area contributed by atoms with Crippen LogP contribution < -0.4 is 5.32 Å². The van der Waals surface area contributed by atoms with E-state index in [1.54, 1.807) is 25.3 Å². The number of rotatable bonds is 5. The molecule has 1 saturated heterocycles. The molecule has 25 heavy (non-hydrogen) atoms. The maximum Gasteiger partial charge on any atom is 0.325 e. The molecule has 3 rings (SSSR count). The van der Waals surface area contributed by atoms with Crippen LogP contribution in [0.5, 0.6) is 0 Å². The number of carbonyl (C=O) groups is 2. The number of nitrogens with zero attached hydrogens (tertiary/aromatic N) is 2. The van der Waals surface area contributed by atoms with E-state index in [2.05, 4.69) is 24.1 Å². The van der Waals surface area contributed by atoms with Crippen LogP contribution in [0.4, 0.5) is 9.18 Å². The van der Waals surface area contributed by atoms with Crippen molar-refractivity contribution >= 4 is 22.8 Å². The van der Waals surface area contributed by atoms with E-state index in [1.165, 1.54) is 12.1 Å². The van der Waals surface area contributed by atoms with Gasteiger partial charge in [0.25, 0.3) is 5.91 Å². The second-order valence-corrected chi connectivity index (χ2v) is 7.23. The Labute approximate surface area is 146 Å². The highest BCUT2D eigenvalue weighted by molar-refractivity contribution is 6.06. The molecule has 0 saturated carbocycles. The number of nitrogens with one attached hydrogen (secondary N) is 1. The van der Waals surface area contributed by atoms with Gasteiger partial charge in [-0.1, -0.05) is 19.9 Å². The van der Waals surface area contributed by atoms with Gasteiger partial charge in [-0.3, -0.25) is 14.7 Å². The van der Waals surface area contributed by atoms with Crippen molar-refractivity contribution < 1.29 is 14.0 Å². The molecule has 132 valence electrons. The van der Waals surface area contributed by atoms with Crippen molar-refractivity contribution in [3.05, 3.63) is 41.8 Å². The quantitative estimate of drug-likeness (QED) is 0.844. The molecule has 1 fully saturated rings. The zero-order valence-electron chi connectivity index (χ0n) is 14.7. The summed E-state index contributed by atoms with van der Waals surface area (Å²) < 4.78 is 13.9. The molecular formula is C19H22FN3O2. The van der Waals surface area contributed by atoms with Gasteiger partial charge >= 0.3 is 6.03 Å². The van der Waals surface area contributed by atoms with Crippen molar-refractivity contribution in [3.8, 4) is 0 Å². The van der Waals surface area contributed by atoms with Crippen molar-refractivity contribution in [1.82, 2.24) is 15.2 Å². The van der Waals surface area contributed by atoms with Gasteiger partial charge in [0.2, 0.25) is 0 Å². The summed E-state index contributed by atoms with van der Waals surface area (Å²) in [6.45, 7) is 5.91. The SMILES string of the molecule is CC(C)CC[C@]1(C)NC(=O)N(Cc2cc(F)cc3cccnc23)C1=O. The van der Waals surface area contributed by atoms with Crippen LogP contribution in [0, 0.1) is 11.7 Å². The highest BCUT2D eigenvalue weighted by atomic mass is 19.1. The zero-order chi connectivity index (χ0) is 18.2. The number of halogens is 1. The molecule has 1 aromatic carbocycles. The van der Waals surface area contributed by atoms with Crippen LogP contribution in [-0.4, -0.2) is 27.4 Å². The summed E-state index contributed by atoms with van der Waals surface area (Å²) in [6.07, 6.45) is 3.02. The lowest BCUT2D eigenvalue weighted by atomic mass is 9.92. The van der Waals surface area contributed by atoms with E-state index in [4.69, 9.17) is 0 Å². The second kappa shape index (κ2) is 6.43. The first-order valence-electron chi connectivity index (χ1n) is 8.47. The van der Waals surface area contributed by atoms with E-state index >= 15 is 0 Å². The molecule has 0 spiro atoms. The first-order valence-corrected chi connectivity index (χ1v) is 8.47. The van der Waals surface area contributed by atoms with Crippen molar-refractivity contribution in [3.63, 3.8) is 0 Å². The molecule has 1 aliphatic heterocycles. The maximum atomic E-state index is 13.9. The molecule has 1 N–H and O–H groups in total. The minimum Gasteiger partial charge on any atom is -0.323 e. The summed E-state index contributed by atoms with van der Waals surface area (Å²) in [6, 6.07) is 5.77. The smallest absolute Gasteiger partial charge is 0.323 e. The fraction of sp³-hybridized carbons (Fsp3) is 0.421. The van der Waals surface area contributed by atoms with Crippen LogP contribution in [0.1, 0.15) is 39.2 Å². The summed E-state index contributed by atoms with van der Waals surface area (Å²) in [7, 11) is 0. The number of urea groups is 1. The van der Waals surface area contributed by atoms with Crippen LogP contribution in [0.15, 0.2) is 30.5 Å². The highest BCUT2D eigenvalue weighted by Crippen LogP contribution is 2.27. The molecule has 0 aliphatic carbocycles. The number of hydrogen-bond acceptors (Lipinski definition) is 3. The number of fused-ring (bicyclic) bond motifs is 1. The zero-order valence-corrected chi connectivity index (χ0v) is 14.7. The Kier molecular flexibility index (Phi) is 4.45. The van der Waals surface area contributed by atoms with Gasteiger partial charge in [-0.25, -0.2) is 9.18 Å². The van der Waals surface area contributed by atoms with Crippen LogP contribution in [0.2, 0.25) is 0 Å². The van der Waals surface area contributed by atoms with E-state index in [0.717, 1.165) is 11.3 Å². The lowest BCUT2D eigenvalue weighted by molar-refractivity contribution is -0.131. The molecule has 2 heterocycles. The van der Waals surface area contributed by atoms with Gasteiger partial charge in [0.15, 0.2) is 0 Å². The number of amides is 3. The Morgan fingerprint density at radius 1 is 1.32 bits per heavy atom. The van der Waals surface area contributed by atoms with Gasteiger partial charge in [0.05, 0.1) is 12.1 Å². The summed E-state index contributed by atoms with van der Waals surface area (Å²) in [5, 5.41) is 3.44. The fourth-order valence-corrected chi connectivity index (χ4v) is 3.16. The molecule has 0 radical (unpaired) electrons. The fourth-order valence-electron chi connectivity index (χ4n) is 3.16. The van der Waals surface area contributed by atoms with Gasteiger partial charge in [0, 0.05) is 17.1 Å². The Hall–Kier alpha value is -2.50. The largest absolute Gasteiger partial charge is 0.325 e. The molecule has 2 aromatic rings. The molecular weight excluding hydrogens is 321 g/mol. The number of pyridine rings is 1. The Bertz CT molecular complexity index is 837. The van der Waals surface area contributed by atoms with Gasteiger partial charge in [-0.15, -0.1) is 0 Å². The van der Waals surface area contributed by atoms with Crippen molar-refractivity contribution in [2.75, 3.05) is 0 Å². The van der Waals surface area contributed by atoms with Crippen molar-refractivity contribution in [1.29, 1.82) is 0 Å². The molecule has 1 aromatic heterocycles. The third-order valence-corrected chi connectivity index (χ3v) is 4.64. The third-order valence-electron chi connectivity index (χ3n) is 4.64. The van der Waals surface area contributed by atoms with Gasteiger partial charge in [0.1, 0.15) is 11.4 Å². The number of imide groups is 1. The van der Waals surface area contributed by atoms with E-state index in [9.17, 15) is 14.0 Å². The first-order chi connectivity index (χ1) is 11.8. The van der Waals surface area contributed by atoms with E-state index < -0.39 is 17.4 Å². The topological polar surface area (TPSA) is 62.3 Å². The summed E-state index contributed by atoms with van der Waals surface area (Å²) in [4.78, 5) is 30.6. The van der Waals surface area contributed by atoms with E-state index in [1.807, 2.05) is 0 Å². The lowest BCUT2D eigenvalue weighted by Gasteiger charge is -2.22. The molecule has 3 amide bonds. The van der Waals surface area contributed by atoms with E-state index in [0.29, 0.717) is 28.8 Å². The van der Waals surface area contributed by atoms with Crippen molar-refractivity contribution in [2.24, 2.45) is 5.92 Å². The molecule has 5 nitrogen and oxygen atoms in total. The first kappa shape index (κ1) is 17.3. The minimum absolute atomic E-state index is 0.00715. The summed E-state index contributed by atoms with van der Waals surface area (Å²) >= 11 is 0. The average molecular weight is 343 g/mol. The van der Waals surface area contributed by atoms with E-state index in [-0.39, 0.29) is 12.5 Å². The van der Waals surface area contributed by atoms with Crippen LogP contribution >= 0.6 is 0 Å². The number of aromatic nitrogens is 1. The van der Waals surface area contributed by atoms with Gasteiger partial charge in [-0.05, 0) is 43.9 Å². The third kappa shape index (κ3) is 3.34.